The SMILES string of the molecule is CCCCCCCCCCCCCCOc1cc(CCN(C(C)=O)c2cccc(CN3C=C(C)SC3)c2)ccc1C(C)(C)C. The van der Waals surface area contributed by atoms with Crippen molar-refractivity contribution in [2.45, 2.75) is 137 Å². The Bertz CT molecular complexity index is 1170. The lowest BCUT2D eigenvalue weighted by Crippen LogP contribution is -2.30. The second-order valence-electron chi connectivity index (χ2n) is 13.7. The lowest BCUT2D eigenvalue weighted by molar-refractivity contribution is -0.116. The van der Waals surface area contributed by atoms with E-state index in [9.17, 15) is 4.79 Å². The Hall–Kier alpha value is -2.40. The highest BCUT2D eigenvalue weighted by Gasteiger charge is 2.20. The summed E-state index contributed by atoms with van der Waals surface area (Å²) in [6.07, 6.45) is 19.2. The first-order chi connectivity index (χ1) is 21.2. The van der Waals surface area contributed by atoms with Crippen LogP contribution in [0.2, 0.25) is 0 Å². The van der Waals surface area contributed by atoms with Crippen molar-refractivity contribution >= 4 is 23.4 Å². The molecular weight excluding hydrogens is 561 g/mol. The standard InChI is InChI=1S/C39H60N2O2S/c1-7-8-9-10-11-12-13-14-15-16-17-18-26-43-38-28-34(22-23-37(38)39(4,5)6)24-25-41(33(3)42)36-21-19-20-35(27-36)30-40-29-32(2)44-31-40/h19-23,27-29H,7-18,24-26,30-31H2,1-6H3. The largest absolute Gasteiger partial charge is 0.493 e. The summed E-state index contributed by atoms with van der Waals surface area (Å²) >= 11 is 1.87. The van der Waals surface area contributed by atoms with Crippen LogP contribution >= 0.6 is 11.8 Å². The van der Waals surface area contributed by atoms with E-state index in [1.807, 2.05) is 16.7 Å². The molecule has 0 spiro atoms. The predicted octanol–water partition coefficient (Wildman–Crippen LogP) is 11.0. The van der Waals surface area contributed by atoms with Gasteiger partial charge >= 0.3 is 0 Å². The minimum Gasteiger partial charge on any atom is -0.493 e. The van der Waals surface area contributed by atoms with Crippen LogP contribution in [0.4, 0.5) is 5.69 Å². The number of amides is 1. The molecule has 244 valence electrons. The fourth-order valence-corrected chi connectivity index (χ4v) is 6.72. The molecule has 0 bridgehead atoms. The fourth-order valence-electron chi connectivity index (χ4n) is 5.96. The third-order valence-corrected chi connectivity index (χ3v) is 9.57. The predicted molar refractivity (Wildman–Crippen MR) is 192 cm³/mol. The molecule has 0 aliphatic carbocycles. The maximum absolute atomic E-state index is 12.7. The summed E-state index contributed by atoms with van der Waals surface area (Å²) in [7, 11) is 0. The summed E-state index contributed by atoms with van der Waals surface area (Å²) in [6, 6.07) is 15.1. The maximum atomic E-state index is 12.7. The van der Waals surface area contributed by atoms with E-state index in [4.69, 9.17) is 4.74 Å². The normalized spacial score (nSPS) is 13.3. The number of benzene rings is 2. The van der Waals surface area contributed by atoms with E-state index < -0.39 is 0 Å². The molecule has 0 radical (unpaired) electrons. The quantitative estimate of drug-likeness (QED) is 0.138. The number of carbonyl (C=O) groups excluding carboxylic acids is 1. The first-order valence-electron chi connectivity index (χ1n) is 17.4. The van der Waals surface area contributed by atoms with Crippen LogP contribution in [0.25, 0.3) is 0 Å². The summed E-state index contributed by atoms with van der Waals surface area (Å²) in [5, 5.41) is 0. The van der Waals surface area contributed by atoms with E-state index in [0.29, 0.717) is 6.54 Å². The van der Waals surface area contributed by atoms with Crippen LogP contribution in [0.15, 0.2) is 53.6 Å². The van der Waals surface area contributed by atoms with Crippen molar-refractivity contribution in [3.8, 4) is 5.75 Å². The van der Waals surface area contributed by atoms with Gasteiger partial charge in [-0.25, -0.2) is 0 Å². The molecule has 2 aromatic carbocycles. The van der Waals surface area contributed by atoms with Gasteiger partial charge in [0.15, 0.2) is 0 Å². The minimum absolute atomic E-state index is 0.0117. The first kappa shape index (κ1) is 36.1. The second-order valence-corrected chi connectivity index (χ2v) is 14.9. The van der Waals surface area contributed by atoms with Gasteiger partial charge in [-0.05, 0) is 65.0 Å². The number of ether oxygens (including phenoxy) is 1. The van der Waals surface area contributed by atoms with Crippen molar-refractivity contribution < 1.29 is 9.53 Å². The molecule has 0 atom stereocenters. The van der Waals surface area contributed by atoms with Gasteiger partial charge in [0.05, 0.1) is 12.5 Å². The molecule has 0 fully saturated rings. The Balaban J connectivity index is 1.49. The molecule has 0 saturated heterocycles. The number of rotatable bonds is 20. The van der Waals surface area contributed by atoms with Gasteiger partial charge < -0.3 is 14.5 Å². The van der Waals surface area contributed by atoms with Crippen molar-refractivity contribution in [2.75, 3.05) is 23.9 Å². The number of unbranched alkanes of at least 4 members (excludes halogenated alkanes) is 11. The van der Waals surface area contributed by atoms with Gasteiger partial charge in [-0.2, -0.15) is 0 Å². The number of allylic oxidation sites excluding steroid dienone is 1. The van der Waals surface area contributed by atoms with Crippen LogP contribution in [0, 0.1) is 0 Å². The fraction of sp³-hybridized carbons (Fsp3) is 0.615. The number of anilines is 1. The Morgan fingerprint density at radius 2 is 1.55 bits per heavy atom. The number of nitrogens with zero attached hydrogens (tertiary/aromatic N) is 2. The van der Waals surface area contributed by atoms with Gasteiger partial charge in [0.1, 0.15) is 5.75 Å². The van der Waals surface area contributed by atoms with Crippen LogP contribution in [0.1, 0.15) is 135 Å². The summed E-state index contributed by atoms with van der Waals surface area (Å²) in [6.45, 7) is 15.1. The van der Waals surface area contributed by atoms with Crippen molar-refractivity contribution in [1.82, 2.24) is 4.90 Å². The van der Waals surface area contributed by atoms with E-state index in [0.717, 1.165) is 43.3 Å². The minimum atomic E-state index is 0.0117. The topological polar surface area (TPSA) is 32.8 Å². The summed E-state index contributed by atoms with van der Waals surface area (Å²) < 4.78 is 6.43. The molecule has 1 amide bonds. The molecule has 1 heterocycles. The molecule has 0 unspecified atom stereocenters. The van der Waals surface area contributed by atoms with Gasteiger partial charge in [-0.15, -0.1) is 11.8 Å². The van der Waals surface area contributed by atoms with Crippen LogP contribution in [-0.4, -0.2) is 29.8 Å². The molecule has 4 nitrogen and oxygen atoms in total. The van der Waals surface area contributed by atoms with E-state index >= 15 is 0 Å². The van der Waals surface area contributed by atoms with Gasteiger partial charge in [-0.1, -0.05) is 123 Å². The maximum Gasteiger partial charge on any atom is 0.223 e. The summed E-state index contributed by atoms with van der Waals surface area (Å²) in [5.74, 6) is 2.06. The number of carbonyl (C=O) groups is 1. The van der Waals surface area contributed by atoms with Crippen molar-refractivity contribution in [3.63, 3.8) is 0 Å². The molecule has 5 heteroatoms. The van der Waals surface area contributed by atoms with E-state index in [2.05, 4.69) is 88.2 Å². The van der Waals surface area contributed by atoms with Gasteiger partial charge in [0, 0.05) is 31.9 Å². The number of hydrogen-bond donors (Lipinski definition) is 0. The highest BCUT2D eigenvalue weighted by molar-refractivity contribution is 8.03. The molecular formula is C39H60N2O2S. The zero-order chi connectivity index (χ0) is 31.8. The summed E-state index contributed by atoms with van der Waals surface area (Å²) in [5.41, 5.74) is 4.67. The number of hydrogen-bond acceptors (Lipinski definition) is 4. The van der Waals surface area contributed by atoms with Crippen LogP contribution in [0.3, 0.4) is 0 Å². The number of thioether (sulfide) groups is 1. The lowest BCUT2D eigenvalue weighted by Gasteiger charge is -2.25. The van der Waals surface area contributed by atoms with E-state index in [1.165, 1.54) is 92.2 Å². The van der Waals surface area contributed by atoms with Crippen molar-refractivity contribution in [1.29, 1.82) is 0 Å². The van der Waals surface area contributed by atoms with Gasteiger partial charge in [0.25, 0.3) is 0 Å². The second kappa shape index (κ2) is 19.2. The third-order valence-electron chi connectivity index (χ3n) is 8.54. The Morgan fingerprint density at radius 1 is 0.886 bits per heavy atom. The van der Waals surface area contributed by atoms with Crippen LogP contribution in [0.5, 0.6) is 5.75 Å². The average Bonchev–Trinajstić information content (AvgIpc) is 3.39. The third kappa shape index (κ3) is 12.9. The first-order valence-corrected chi connectivity index (χ1v) is 18.3. The van der Waals surface area contributed by atoms with Crippen molar-refractivity contribution in [3.05, 3.63) is 70.3 Å². The highest BCUT2D eigenvalue weighted by atomic mass is 32.2. The van der Waals surface area contributed by atoms with Crippen LogP contribution in [-0.2, 0) is 23.2 Å². The van der Waals surface area contributed by atoms with E-state index in [1.54, 1.807) is 6.92 Å². The highest BCUT2D eigenvalue weighted by Crippen LogP contribution is 2.33. The summed E-state index contributed by atoms with van der Waals surface area (Å²) in [4.78, 5) is 18.3. The molecule has 2 aromatic rings. The molecule has 1 aliphatic rings. The van der Waals surface area contributed by atoms with Crippen LogP contribution < -0.4 is 9.64 Å². The average molecular weight is 621 g/mol. The lowest BCUT2D eigenvalue weighted by atomic mass is 9.85. The Kier molecular flexibility index (Phi) is 15.7. The Labute approximate surface area is 274 Å². The molecule has 1 aliphatic heterocycles. The van der Waals surface area contributed by atoms with E-state index in [-0.39, 0.29) is 11.3 Å². The molecule has 0 aromatic heterocycles. The Morgan fingerprint density at radius 3 is 2.14 bits per heavy atom. The zero-order valence-corrected chi connectivity index (χ0v) is 29.6. The molecule has 3 rings (SSSR count). The smallest absolute Gasteiger partial charge is 0.223 e. The molecule has 44 heavy (non-hydrogen) atoms. The monoisotopic (exact) mass is 620 g/mol. The zero-order valence-electron chi connectivity index (χ0n) is 28.8. The van der Waals surface area contributed by atoms with Gasteiger partial charge in [0.2, 0.25) is 5.91 Å². The van der Waals surface area contributed by atoms with Crippen molar-refractivity contribution in [2.24, 2.45) is 0 Å². The molecule has 0 saturated carbocycles. The van der Waals surface area contributed by atoms with Gasteiger partial charge in [-0.3, -0.25) is 4.79 Å². The molecule has 0 N–H and O–H groups in total.